The highest BCUT2D eigenvalue weighted by Crippen LogP contribution is 2.44. The number of aliphatic hydroxyl groups excluding tert-OH is 2. The second-order valence-electron chi connectivity index (χ2n) is 14.3. The van der Waals surface area contributed by atoms with Gasteiger partial charge in [-0.2, -0.15) is 0 Å². The maximum atomic E-state index is 9.89. The molecular formula is C43H76O5. The smallest absolute Gasteiger partial charge is 0.169 e. The zero-order chi connectivity index (χ0) is 34.4. The minimum Gasteiger partial charge on any atom is -0.394 e. The standard InChI is InChI=1S/C43H76O5/c1-3-5-7-9-11-13-15-17-19-21-23-25-27-29-31-33-35-43(47-41-39(37-44)46-40(38-45)42(41)48-43)36-34-32-30-28-26-24-22-20-18-16-14-12-10-8-6-4-2/h11-14,17-20,39-42,44-45H,3-10,15-16,21-38H2,1-2H3/b13-11-,14-12-,19-17-,20-18-/t39-,40?,41?,42+/m0/s1. The van der Waals surface area contributed by atoms with Crippen molar-refractivity contribution in [3.63, 3.8) is 0 Å². The highest BCUT2D eigenvalue weighted by atomic mass is 16.8. The first-order chi connectivity index (χ1) is 23.7. The predicted octanol–water partition coefficient (Wildman–Crippen LogP) is 11.6. The fraction of sp³-hybridized carbons (Fsp3) is 0.814. The first-order valence-electron chi connectivity index (χ1n) is 20.5. The van der Waals surface area contributed by atoms with Crippen LogP contribution in [0.4, 0.5) is 0 Å². The van der Waals surface area contributed by atoms with Crippen LogP contribution in [0, 0.1) is 0 Å². The van der Waals surface area contributed by atoms with Crippen molar-refractivity contribution in [1.29, 1.82) is 0 Å². The van der Waals surface area contributed by atoms with Crippen LogP contribution >= 0.6 is 0 Å². The number of hydrogen-bond donors (Lipinski definition) is 2. The topological polar surface area (TPSA) is 68.2 Å². The van der Waals surface area contributed by atoms with Crippen molar-refractivity contribution in [2.45, 2.75) is 211 Å². The fourth-order valence-corrected chi connectivity index (χ4v) is 7.03. The van der Waals surface area contributed by atoms with Gasteiger partial charge in [-0.15, -0.1) is 0 Å². The van der Waals surface area contributed by atoms with Gasteiger partial charge in [0.15, 0.2) is 5.79 Å². The summed E-state index contributed by atoms with van der Waals surface area (Å²) in [5.74, 6) is -0.607. The Hall–Kier alpha value is -1.24. The van der Waals surface area contributed by atoms with E-state index in [1.54, 1.807) is 0 Å². The minimum atomic E-state index is -0.607. The monoisotopic (exact) mass is 673 g/mol. The molecule has 5 heteroatoms. The Morgan fingerprint density at radius 3 is 1.12 bits per heavy atom. The van der Waals surface area contributed by atoms with Crippen molar-refractivity contribution < 1.29 is 24.4 Å². The number of hydrogen-bond acceptors (Lipinski definition) is 5. The van der Waals surface area contributed by atoms with Crippen LogP contribution in [0.25, 0.3) is 0 Å². The summed E-state index contributed by atoms with van der Waals surface area (Å²) in [6, 6.07) is 0. The zero-order valence-electron chi connectivity index (χ0n) is 31.3. The molecule has 2 unspecified atom stereocenters. The summed E-state index contributed by atoms with van der Waals surface area (Å²) in [6.45, 7) is 4.30. The van der Waals surface area contributed by atoms with Gasteiger partial charge in [0.05, 0.1) is 13.2 Å². The number of fused-ring (bicyclic) bond motifs is 1. The lowest BCUT2D eigenvalue weighted by Gasteiger charge is -2.31. The number of ether oxygens (including phenoxy) is 3. The molecule has 0 bridgehead atoms. The van der Waals surface area contributed by atoms with E-state index in [1.807, 2.05) is 0 Å². The molecule has 0 aromatic heterocycles. The lowest BCUT2D eigenvalue weighted by Crippen LogP contribution is -2.36. The molecule has 0 radical (unpaired) electrons. The molecule has 0 spiro atoms. The van der Waals surface area contributed by atoms with Crippen LogP contribution in [0.3, 0.4) is 0 Å². The molecule has 0 amide bonds. The van der Waals surface area contributed by atoms with Crippen LogP contribution in [0.5, 0.6) is 0 Å². The minimum absolute atomic E-state index is 0.104. The van der Waals surface area contributed by atoms with E-state index in [0.29, 0.717) is 0 Å². The Bertz CT molecular complexity index is 780. The Morgan fingerprint density at radius 2 is 0.771 bits per heavy atom. The van der Waals surface area contributed by atoms with Gasteiger partial charge in [-0.25, -0.2) is 0 Å². The first-order valence-corrected chi connectivity index (χ1v) is 20.5. The average Bonchev–Trinajstić information content (AvgIpc) is 3.63. The third-order valence-electron chi connectivity index (χ3n) is 9.98. The summed E-state index contributed by atoms with van der Waals surface area (Å²) < 4.78 is 19.1. The second-order valence-corrected chi connectivity index (χ2v) is 14.3. The fourth-order valence-electron chi connectivity index (χ4n) is 7.03. The summed E-state index contributed by atoms with van der Waals surface area (Å²) in [4.78, 5) is 0. The molecule has 0 aliphatic carbocycles. The van der Waals surface area contributed by atoms with E-state index in [4.69, 9.17) is 14.2 Å². The molecule has 0 aromatic rings. The van der Waals surface area contributed by atoms with E-state index < -0.39 is 18.0 Å². The van der Waals surface area contributed by atoms with Crippen molar-refractivity contribution in [2.24, 2.45) is 0 Å². The maximum absolute atomic E-state index is 9.89. The Labute approximate surface area is 296 Å². The molecule has 0 saturated carbocycles. The van der Waals surface area contributed by atoms with Crippen molar-refractivity contribution in [3.05, 3.63) is 48.6 Å². The summed E-state index contributed by atoms with van der Waals surface area (Å²) in [5.41, 5.74) is 0. The van der Waals surface area contributed by atoms with E-state index >= 15 is 0 Å². The van der Waals surface area contributed by atoms with Crippen molar-refractivity contribution in [1.82, 2.24) is 0 Å². The largest absolute Gasteiger partial charge is 0.394 e. The summed E-state index contributed by atoms with van der Waals surface area (Å²) in [7, 11) is 0. The van der Waals surface area contributed by atoms with E-state index in [2.05, 4.69) is 62.5 Å². The number of unbranched alkanes of at least 4 members (excludes halogenated alkanes) is 18. The third kappa shape index (κ3) is 19.2. The van der Waals surface area contributed by atoms with Crippen LogP contribution in [-0.2, 0) is 14.2 Å². The van der Waals surface area contributed by atoms with Crippen molar-refractivity contribution in [2.75, 3.05) is 13.2 Å². The van der Waals surface area contributed by atoms with E-state index in [1.165, 1.54) is 128 Å². The van der Waals surface area contributed by atoms with Gasteiger partial charge in [-0.3, -0.25) is 0 Å². The summed E-state index contributed by atoms with van der Waals surface area (Å²) in [5, 5.41) is 19.8. The van der Waals surface area contributed by atoms with Crippen molar-refractivity contribution in [3.8, 4) is 0 Å². The van der Waals surface area contributed by atoms with E-state index in [9.17, 15) is 10.2 Å². The lowest BCUT2D eigenvalue weighted by atomic mass is 9.98. The molecule has 278 valence electrons. The van der Waals surface area contributed by atoms with Gasteiger partial charge >= 0.3 is 0 Å². The molecule has 2 N–H and O–H groups in total. The van der Waals surface area contributed by atoms with E-state index in [0.717, 1.165) is 38.5 Å². The third-order valence-corrected chi connectivity index (χ3v) is 9.98. The van der Waals surface area contributed by atoms with Gasteiger partial charge in [-0.1, -0.05) is 140 Å². The first kappa shape index (κ1) is 42.9. The lowest BCUT2D eigenvalue weighted by molar-refractivity contribution is -0.222. The molecule has 2 rings (SSSR count). The Balaban J connectivity index is 1.60. The molecular weight excluding hydrogens is 596 g/mol. The van der Waals surface area contributed by atoms with Crippen LogP contribution in [0.15, 0.2) is 48.6 Å². The molecule has 48 heavy (non-hydrogen) atoms. The quantitative estimate of drug-likeness (QED) is 0.0550. The molecule has 0 aromatic carbocycles. The summed E-state index contributed by atoms with van der Waals surface area (Å²) in [6.07, 6.45) is 48.6. The predicted molar refractivity (Wildman–Crippen MR) is 203 cm³/mol. The van der Waals surface area contributed by atoms with Crippen LogP contribution in [0.2, 0.25) is 0 Å². The van der Waals surface area contributed by atoms with Crippen LogP contribution in [-0.4, -0.2) is 53.6 Å². The van der Waals surface area contributed by atoms with Gasteiger partial charge in [0, 0.05) is 12.8 Å². The number of rotatable bonds is 32. The maximum Gasteiger partial charge on any atom is 0.169 e. The molecule has 2 aliphatic heterocycles. The summed E-state index contributed by atoms with van der Waals surface area (Å²) >= 11 is 0. The normalized spacial score (nSPS) is 22.4. The molecule has 2 fully saturated rings. The van der Waals surface area contributed by atoms with Crippen molar-refractivity contribution >= 4 is 0 Å². The van der Waals surface area contributed by atoms with Gasteiger partial charge < -0.3 is 24.4 Å². The zero-order valence-corrected chi connectivity index (χ0v) is 31.3. The SMILES string of the molecule is CCCCC/C=C\C/C=C\CCCCCCCCC1(CCCCCCCC/C=C\C/C=C\CCCCC)OC2[C@H](O1)C(CO)O[C@H]2CO. The molecule has 5 nitrogen and oxygen atoms in total. The van der Waals surface area contributed by atoms with Crippen LogP contribution in [0.1, 0.15) is 181 Å². The molecule has 2 heterocycles. The van der Waals surface area contributed by atoms with Gasteiger partial charge in [0.25, 0.3) is 0 Å². The van der Waals surface area contributed by atoms with Gasteiger partial charge in [0.1, 0.15) is 24.4 Å². The Morgan fingerprint density at radius 1 is 0.438 bits per heavy atom. The molecule has 2 saturated heterocycles. The highest BCUT2D eigenvalue weighted by Gasteiger charge is 2.57. The number of aliphatic hydroxyl groups is 2. The van der Waals surface area contributed by atoms with Crippen LogP contribution < -0.4 is 0 Å². The van der Waals surface area contributed by atoms with Gasteiger partial charge in [-0.05, 0) is 77.0 Å². The second kappa shape index (κ2) is 29.5. The molecule has 2 aliphatic rings. The highest BCUT2D eigenvalue weighted by molar-refractivity contribution is 4.99. The Kier molecular flexibility index (Phi) is 26.4. The van der Waals surface area contributed by atoms with E-state index in [-0.39, 0.29) is 25.4 Å². The molecule has 4 atom stereocenters. The van der Waals surface area contributed by atoms with Gasteiger partial charge in [0.2, 0.25) is 0 Å². The number of allylic oxidation sites excluding steroid dienone is 8. The average molecular weight is 673 g/mol.